The molecule has 1 aromatic heterocycles. The number of nitrogens with zero attached hydrogens (tertiary/aromatic N) is 3. The van der Waals surface area contributed by atoms with Gasteiger partial charge in [0.2, 0.25) is 0 Å². The minimum atomic E-state index is 0.689. The van der Waals surface area contributed by atoms with Gasteiger partial charge in [0.25, 0.3) is 0 Å². The second-order valence-electron chi connectivity index (χ2n) is 6.06. The van der Waals surface area contributed by atoms with Gasteiger partial charge in [-0.3, -0.25) is 9.67 Å². The highest BCUT2D eigenvalue weighted by molar-refractivity contribution is 5.79. The summed E-state index contributed by atoms with van der Waals surface area (Å²) < 4.78 is 7.64. The van der Waals surface area contributed by atoms with Crippen LogP contribution in [0.1, 0.15) is 31.7 Å². The van der Waals surface area contributed by atoms with E-state index in [1.807, 2.05) is 35.1 Å². The van der Waals surface area contributed by atoms with E-state index in [2.05, 4.69) is 39.8 Å². The Bertz CT molecular complexity index is 598. The molecule has 0 spiro atoms. The highest BCUT2D eigenvalue weighted by Gasteiger charge is 1.98. The van der Waals surface area contributed by atoms with Crippen LogP contribution in [0.4, 0.5) is 0 Å². The summed E-state index contributed by atoms with van der Waals surface area (Å²) >= 11 is 0. The van der Waals surface area contributed by atoms with E-state index in [-0.39, 0.29) is 0 Å². The summed E-state index contributed by atoms with van der Waals surface area (Å²) in [6.45, 7) is 7.01. The number of aromatic nitrogens is 2. The summed E-state index contributed by atoms with van der Waals surface area (Å²) in [5, 5.41) is 10.9. The lowest BCUT2D eigenvalue weighted by Crippen LogP contribution is -2.38. The van der Waals surface area contributed by atoms with Crippen LogP contribution in [0.3, 0.4) is 0 Å². The molecule has 6 heteroatoms. The van der Waals surface area contributed by atoms with E-state index in [0.717, 1.165) is 58.0 Å². The third-order valence-corrected chi connectivity index (χ3v) is 3.84. The van der Waals surface area contributed by atoms with E-state index in [1.54, 1.807) is 6.20 Å². The minimum Gasteiger partial charge on any atom is -0.377 e. The molecule has 0 atom stereocenters. The number of guanidine groups is 1. The zero-order valence-electron chi connectivity index (χ0n) is 15.7. The lowest BCUT2D eigenvalue weighted by molar-refractivity contribution is 0.117. The SMILES string of the molecule is CCNC(=NCCCn1cccn1)NCCCCOCc1ccccc1. The average molecular weight is 358 g/mol. The van der Waals surface area contributed by atoms with Gasteiger partial charge in [-0.05, 0) is 37.8 Å². The summed E-state index contributed by atoms with van der Waals surface area (Å²) in [5.41, 5.74) is 1.22. The summed E-state index contributed by atoms with van der Waals surface area (Å²) in [5.74, 6) is 0.887. The second-order valence-corrected chi connectivity index (χ2v) is 6.06. The number of benzene rings is 1. The summed E-state index contributed by atoms with van der Waals surface area (Å²) in [6.07, 6.45) is 6.86. The maximum atomic E-state index is 5.71. The molecule has 0 amide bonds. The maximum absolute atomic E-state index is 5.71. The summed E-state index contributed by atoms with van der Waals surface area (Å²) in [6, 6.07) is 12.2. The van der Waals surface area contributed by atoms with Crippen molar-refractivity contribution in [1.82, 2.24) is 20.4 Å². The Balaban J connectivity index is 1.52. The second kappa shape index (κ2) is 12.9. The van der Waals surface area contributed by atoms with Gasteiger partial charge in [-0.2, -0.15) is 5.10 Å². The molecule has 2 N–H and O–H groups in total. The van der Waals surface area contributed by atoms with Gasteiger partial charge in [-0.25, -0.2) is 0 Å². The van der Waals surface area contributed by atoms with Gasteiger partial charge in [0, 0.05) is 45.2 Å². The number of hydrogen-bond donors (Lipinski definition) is 2. The fourth-order valence-corrected chi connectivity index (χ4v) is 2.50. The number of aliphatic imine (C=N–C) groups is 1. The van der Waals surface area contributed by atoms with E-state index in [4.69, 9.17) is 4.74 Å². The van der Waals surface area contributed by atoms with E-state index in [0.29, 0.717) is 6.61 Å². The first-order valence-corrected chi connectivity index (χ1v) is 9.49. The van der Waals surface area contributed by atoms with Gasteiger partial charge in [0.1, 0.15) is 0 Å². The van der Waals surface area contributed by atoms with E-state index >= 15 is 0 Å². The smallest absolute Gasteiger partial charge is 0.191 e. The van der Waals surface area contributed by atoms with Crippen molar-refractivity contribution in [2.45, 2.75) is 39.3 Å². The van der Waals surface area contributed by atoms with Crippen LogP contribution in [0.25, 0.3) is 0 Å². The molecule has 0 bridgehead atoms. The monoisotopic (exact) mass is 357 g/mol. The van der Waals surface area contributed by atoms with Crippen molar-refractivity contribution in [2.75, 3.05) is 26.2 Å². The summed E-state index contributed by atoms with van der Waals surface area (Å²) in [7, 11) is 0. The molecule has 2 aromatic rings. The maximum Gasteiger partial charge on any atom is 0.191 e. The molecule has 2 rings (SSSR count). The number of nitrogens with one attached hydrogen (secondary N) is 2. The van der Waals surface area contributed by atoms with Gasteiger partial charge in [-0.15, -0.1) is 0 Å². The third kappa shape index (κ3) is 8.67. The number of ether oxygens (including phenoxy) is 1. The first kappa shape index (κ1) is 20.0. The minimum absolute atomic E-state index is 0.689. The average Bonchev–Trinajstić information content (AvgIpc) is 3.18. The first-order chi connectivity index (χ1) is 12.9. The molecule has 0 aliphatic heterocycles. The zero-order chi connectivity index (χ0) is 18.3. The normalized spacial score (nSPS) is 11.5. The third-order valence-electron chi connectivity index (χ3n) is 3.84. The van der Waals surface area contributed by atoms with Crippen LogP contribution >= 0.6 is 0 Å². The molecular weight excluding hydrogens is 326 g/mol. The molecule has 0 unspecified atom stereocenters. The number of rotatable bonds is 12. The molecule has 1 aromatic carbocycles. The molecular formula is C20H31N5O. The van der Waals surface area contributed by atoms with Crippen LogP contribution < -0.4 is 10.6 Å². The van der Waals surface area contributed by atoms with Gasteiger partial charge in [0.15, 0.2) is 5.96 Å². The molecule has 1 heterocycles. The van der Waals surface area contributed by atoms with Crippen LogP contribution in [0.5, 0.6) is 0 Å². The predicted molar refractivity (Wildman–Crippen MR) is 106 cm³/mol. The number of aryl methyl sites for hydroxylation is 1. The highest BCUT2D eigenvalue weighted by atomic mass is 16.5. The topological polar surface area (TPSA) is 63.5 Å². The fraction of sp³-hybridized carbons (Fsp3) is 0.500. The van der Waals surface area contributed by atoms with Gasteiger partial charge < -0.3 is 15.4 Å². The fourth-order valence-electron chi connectivity index (χ4n) is 2.50. The Hall–Kier alpha value is -2.34. The molecule has 26 heavy (non-hydrogen) atoms. The van der Waals surface area contributed by atoms with Crippen LogP contribution in [-0.2, 0) is 17.9 Å². The molecule has 142 valence electrons. The van der Waals surface area contributed by atoms with Crippen LogP contribution in [0, 0.1) is 0 Å². The Morgan fingerprint density at radius 3 is 2.77 bits per heavy atom. The number of unbranched alkanes of at least 4 members (excludes halogenated alkanes) is 1. The van der Waals surface area contributed by atoms with Crippen molar-refractivity contribution in [3.63, 3.8) is 0 Å². The van der Waals surface area contributed by atoms with Crippen molar-refractivity contribution >= 4 is 5.96 Å². The van der Waals surface area contributed by atoms with Crippen molar-refractivity contribution in [1.29, 1.82) is 0 Å². The van der Waals surface area contributed by atoms with E-state index < -0.39 is 0 Å². The zero-order valence-corrected chi connectivity index (χ0v) is 15.7. The summed E-state index contributed by atoms with van der Waals surface area (Å²) in [4.78, 5) is 4.61. The molecule has 0 aliphatic rings. The van der Waals surface area contributed by atoms with E-state index in [9.17, 15) is 0 Å². The lowest BCUT2D eigenvalue weighted by Gasteiger charge is -2.11. The van der Waals surface area contributed by atoms with Crippen molar-refractivity contribution in [3.8, 4) is 0 Å². The molecule has 0 saturated heterocycles. The molecule has 0 saturated carbocycles. The molecule has 0 aliphatic carbocycles. The molecule has 6 nitrogen and oxygen atoms in total. The van der Waals surface area contributed by atoms with Crippen LogP contribution in [0.15, 0.2) is 53.8 Å². The Morgan fingerprint density at radius 2 is 2.00 bits per heavy atom. The Morgan fingerprint density at radius 1 is 1.12 bits per heavy atom. The Labute approximate surface area is 156 Å². The molecule has 0 fully saturated rings. The van der Waals surface area contributed by atoms with E-state index in [1.165, 1.54) is 5.56 Å². The predicted octanol–water partition coefficient (Wildman–Crippen LogP) is 2.83. The van der Waals surface area contributed by atoms with Crippen molar-refractivity contribution in [2.24, 2.45) is 4.99 Å². The van der Waals surface area contributed by atoms with Gasteiger partial charge >= 0.3 is 0 Å². The highest BCUT2D eigenvalue weighted by Crippen LogP contribution is 2.01. The van der Waals surface area contributed by atoms with Gasteiger partial charge in [-0.1, -0.05) is 30.3 Å². The van der Waals surface area contributed by atoms with Crippen molar-refractivity contribution in [3.05, 3.63) is 54.4 Å². The molecule has 0 radical (unpaired) electrons. The van der Waals surface area contributed by atoms with Gasteiger partial charge in [0.05, 0.1) is 6.61 Å². The number of hydrogen-bond acceptors (Lipinski definition) is 3. The quantitative estimate of drug-likeness (QED) is 0.348. The van der Waals surface area contributed by atoms with Crippen LogP contribution in [-0.4, -0.2) is 42.0 Å². The lowest BCUT2D eigenvalue weighted by atomic mass is 10.2. The van der Waals surface area contributed by atoms with Crippen molar-refractivity contribution < 1.29 is 4.74 Å². The standard InChI is InChI=1S/C20H31N5O/c1-2-21-20(23-13-8-15-25-16-9-14-24-25)22-12-6-7-17-26-18-19-10-4-3-5-11-19/h3-5,9-11,14,16H,2,6-8,12-13,15,17-18H2,1H3,(H2,21,22,23). The largest absolute Gasteiger partial charge is 0.377 e. The first-order valence-electron chi connectivity index (χ1n) is 9.49. The Kier molecular flexibility index (Phi) is 9.94. The van der Waals surface area contributed by atoms with Crippen LogP contribution in [0.2, 0.25) is 0 Å².